The first kappa shape index (κ1) is 11.9. The van der Waals surface area contributed by atoms with Crippen LogP contribution >= 0.6 is 11.8 Å². The molecule has 0 bridgehead atoms. The summed E-state index contributed by atoms with van der Waals surface area (Å²) >= 11 is 1.99. The molecule has 0 spiro atoms. The van der Waals surface area contributed by atoms with Crippen molar-refractivity contribution in [2.45, 2.75) is 19.8 Å². The third-order valence-electron chi connectivity index (χ3n) is 2.32. The van der Waals surface area contributed by atoms with Gasteiger partial charge in [0.05, 0.1) is 6.54 Å². The molecular formula is C10H20N2OS. The van der Waals surface area contributed by atoms with E-state index in [1.165, 1.54) is 17.9 Å². The van der Waals surface area contributed by atoms with Crippen LogP contribution in [0.15, 0.2) is 0 Å². The van der Waals surface area contributed by atoms with Crippen LogP contribution in [0.3, 0.4) is 0 Å². The fraction of sp³-hybridized carbons (Fsp3) is 0.900. The van der Waals surface area contributed by atoms with Gasteiger partial charge in [-0.05, 0) is 36.8 Å². The quantitative estimate of drug-likeness (QED) is 0.647. The molecule has 0 aliphatic carbocycles. The molecule has 82 valence electrons. The number of carbonyl (C=O) groups excluding carboxylic acids is 1. The van der Waals surface area contributed by atoms with E-state index in [0.29, 0.717) is 12.5 Å². The largest absolute Gasteiger partial charge is 0.355 e. The minimum atomic E-state index is 0.135. The van der Waals surface area contributed by atoms with Gasteiger partial charge in [0.2, 0.25) is 5.91 Å². The van der Waals surface area contributed by atoms with Crippen LogP contribution in [0.2, 0.25) is 0 Å². The molecule has 0 aromatic carbocycles. The van der Waals surface area contributed by atoms with E-state index in [1.54, 1.807) is 0 Å². The van der Waals surface area contributed by atoms with Crippen molar-refractivity contribution in [1.29, 1.82) is 0 Å². The maximum Gasteiger partial charge on any atom is 0.233 e. The molecule has 4 heteroatoms. The van der Waals surface area contributed by atoms with Crippen LogP contribution in [-0.2, 0) is 4.79 Å². The molecule has 0 saturated carbocycles. The zero-order valence-corrected chi connectivity index (χ0v) is 9.66. The monoisotopic (exact) mass is 216 g/mol. The van der Waals surface area contributed by atoms with E-state index in [0.717, 1.165) is 19.5 Å². The Morgan fingerprint density at radius 2 is 2.43 bits per heavy atom. The third kappa shape index (κ3) is 4.86. The molecule has 1 atom stereocenters. The van der Waals surface area contributed by atoms with E-state index in [-0.39, 0.29) is 5.91 Å². The van der Waals surface area contributed by atoms with Gasteiger partial charge < -0.3 is 10.6 Å². The van der Waals surface area contributed by atoms with Crippen molar-refractivity contribution >= 4 is 17.7 Å². The van der Waals surface area contributed by atoms with Crippen LogP contribution in [0, 0.1) is 5.92 Å². The lowest BCUT2D eigenvalue weighted by molar-refractivity contribution is -0.120. The zero-order valence-electron chi connectivity index (χ0n) is 8.84. The van der Waals surface area contributed by atoms with Crippen molar-refractivity contribution in [3.63, 3.8) is 0 Å². The van der Waals surface area contributed by atoms with Crippen LogP contribution in [-0.4, -0.2) is 37.0 Å². The molecule has 1 fully saturated rings. The van der Waals surface area contributed by atoms with E-state index in [9.17, 15) is 4.79 Å². The summed E-state index contributed by atoms with van der Waals surface area (Å²) in [4.78, 5) is 11.3. The Morgan fingerprint density at radius 3 is 3.07 bits per heavy atom. The van der Waals surface area contributed by atoms with E-state index >= 15 is 0 Å². The van der Waals surface area contributed by atoms with Crippen molar-refractivity contribution in [3.05, 3.63) is 0 Å². The van der Waals surface area contributed by atoms with E-state index in [1.807, 2.05) is 11.8 Å². The fourth-order valence-corrected chi connectivity index (χ4v) is 2.73. The van der Waals surface area contributed by atoms with Crippen LogP contribution in [0.5, 0.6) is 0 Å². The van der Waals surface area contributed by atoms with Crippen molar-refractivity contribution in [1.82, 2.24) is 10.6 Å². The Morgan fingerprint density at radius 1 is 1.57 bits per heavy atom. The fourth-order valence-electron chi connectivity index (χ4n) is 1.44. The van der Waals surface area contributed by atoms with E-state index < -0.39 is 0 Å². The van der Waals surface area contributed by atoms with Crippen LogP contribution in [0.4, 0.5) is 0 Å². The van der Waals surface area contributed by atoms with Crippen LogP contribution in [0.25, 0.3) is 0 Å². The number of amides is 1. The predicted octanol–water partition coefficient (Wildman–Crippen LogP) is 0.855. The highest BCUT2D eigenvalue weighted by molar-refractivity contribution is 7.99. The summed E-state index contributed by atoms with van der Waals surface area (Å²) in [6.07, 6.45) is 2.33. The number of carbonyl (C=O) groups is 1. The van der Waals surface area contributed by atoms with Crippen molar-refractivity contribution in [3.8, 4) is 0 Å². The number of nitrogens with one attached hydrogen (secondary N) is 2. The Kier molecular flexibility index (Phi) is 6.03. The molecule has 1 heterocycles. The Labute approximate surface area is 90.4 Å². The van der Waals surface area contributed by atoms with Gasteiger partial charge in [0.1, 0.15) is 0 Å². The second-order valence-electron chi connectivity index (χ2n) is 3.71. The molecule has 0 aromatic heterocycles. The summed E-state index contributed by atoms with van der Waals surface area (Å²) in [6.45, 7) is 4.35. The van der Waals surface area contributed by atoms with Gasteiger partial charge in [-0.3, -0.25) is 4.79 Å². The Bertz CT molecular complexity index is 170. The van der Waals surface area contributed by atoms with Gasteiger partial charge >= 0.3 is 0 Å². The molecule has 1 aliphatic rings. The van der Waals surface area contributed by atoms with Crippen molar-refractivity contribution < 1.29 is 4.79 Å². The summed E-state index contributed by atoms with van der Waals surface area (Å²) in [5.41, 5.74) is 0. The van der Waals surface area contributed by atoms with Gasteiger partial charge in [0.25, 0.3) is 0 Å². The van der Waals surface area contributed by atoms with E-state index in [4.69, 9.17) is 0 Å². The molecule has 0 aromatic rings. The van der Waals surface area contributed by atoms with Gasteiger partial charge in [-0.2, -0.15) is 11.8 Å². The molecule has 0 radical (unpaired) electrons. The maximum atomic E-state index is 11.3. The average molecular weight is 216 g/mol. The Balaban J connectivity index is 1.96. The first-order chi connectivity index (χ1) is 6.83. The highest BCUT2D eigenvalue weighted by Crippen LogP contribution is 2.22. The Hall–Kier alpha value is -0.220. The second-order valence-corrected chi connectivity index (χ2v) is 4.86. The SMILES string of the molecule is CCCNCC(=O)NCC1CCSC1. The topological polar surface area (TPSA) is 41.1 Å². The van der Waals surface area contributed by atoms with Gasteiger partial charge in [-0.25, -0.2) is 0 Å². The lowest BCUT2D eigenvalue weighted by Crippen LogP contribution is -2.36. The van der Waals surface area contributed by atoms with Gasteiger partial charge in [-0.15, -0.1) is 0 Å². The molecule has 1 rings (SSSR count). The highest BCUT2D eigenvalue weighted by Gasteiger charge is 2.15. The van der Waals surface area contributed by atoms with Crippen molar-refractivity contribution in [2.75, 3.05) is 31.1 Å². The minimum Gasteiger partial charge on any atom is -0.355 e. The number of hydrogen-bond donors (Lipinski definition) is 2. The normalized spacial score (nSPS) is 21.1. The smallest absolute Gasteiger partial charge is 0.233 e. The molecule has 1 amide bonds. The van der Waals surface area contributed by atoms with Gasteiger partial charge in [-0.1, -0.05) is 6.92 Å². The summed E-state index contributed by atoms with van der Waals surface area (Å²) in [7, 11) is 0. The average Bonchev–Trinajstić information content (AvgIpc) is 2.68. The molecule has 1 aliphatic heterocycles. The minimum absolute atomic E-state index is 0.135. The summed E-state index contributed by atoms with van der Waals surface area (Å²) < 4.78 is 0. The second kappa shape index (κ2) is 7.12. The van der Waals surface area contributed by atoms with Crippen molar-refractivity contribution in [2.24, 2.45) is 5.92 Å². The molecule has 3 nitrogen and oxygen atoms in total. The predicted molar refractivity (Wildman–Crippen MR) is 61.6 cm³/mol. The van der Waals surface area contributed by atoms with Crippen LogP contribution in [0.1, 0.15) is 19.8 Å². The first-order valence-electron chi connectivity index (χ1n) is 5.38. The molecule has 1 saturated heterocycles. The molecular weight excluding hydrogens is 196 g/mol. The summed E-state index contributed by atoms with van der Waals surface area (Å²) in [6, 6.07) is 0. The summed E-state index contributed by atoms with van der Waals surface area (Å²) in [5.74, 6) is 3.31. The summed E-state index contributed by atoms with van der Waals surface area (Å²) in [5, 5.41) is 6.06. The van der Waals surface area contributed by atoms with Crippen LogP contribution < -0.4 is 10.6 Å². The molecule has 2 N–H and O–H groups in total. The standard InChI is InChI=1S/C10H20N2OS/c1-2-4-11-7-10(13)12-6-9-3-5-14-8-9/h9,11H,2-8H2,1H3,(H,12,13). The third-order valence-corrected chi connectivity index (χ3v) is 3.56. The maximum absolute atomic E-state index is 11.3. The van der Waals surface area contributed by atoms with Gasteiger partial charge in [0, 0.05) is 6.54 Å². The number of hydrogen-bond acceptors (Lipinski definition) is 3. The lowest BCUT2D eigenvalue weighted by Gasteiger charge is -2.10. The highest BCUT2D eigenvalue weighted by atomic mass is 32.2. The molecule has 1 unspecified atom stereocenters. The number of rotatable bonds is 6. The number of thioether (sulfide) groups is 1. The van der Waals surface area contributed by atoms with Gasteiger partial charge in [0.15, 0.2) is 0 Å². The van der Waals surface area contributed by atoms with E-state index in [2.05, 4.69) is 17.6 Å². The lowest BCUT2D eigenvalue weighted by atomic mass is 10.1. The molecule has 14 heavy (non-hydrogen) atoms. The first-order valence-corrected chi connectivity index (χ1v) is 6.53. The zero-order chi connectivity index (χ0) is 10.2.